The van der Waals surface area contributed by atoms with Gasteiger partial charge in [0.2, 0.25) is 0 Å². The van der Waals surface area contributed by atoms with Crippen molar-refractivity contribution >= 4 is 10.9 Å². The molecule has 0 atom stereocenters. The number of aromatic nitrogens is 2. The van der Waals surface area contributed by atoms with Gasteiger partial charge in [-0.15, -0.1) is 0 Å². The fourth-order valence-corrected chi connectivity index (χ4v) is 3.94. The Balaban J connectivity index is 1.60. The highest BCUT2D eigenvalue weighted by molar-refractivity contribution is 5.82. The Bertz CT molecular complexity index is 958. The molecule has 0 unspecified atom stereocenters. The van der Waals surface area contributed by atoms with Crippen molar-refractivity contribution in [1.82, 2.24) is 14.7 Å². The zero-order valence-corrected chi connectivity index (χ0v) is 15.5. The van der Waals surface area contributed by atoms with Crippen molar-refractivity contribution < 1.29 is 13.9 Å². The molecule has 0 bridgehead atoms. The van der Waals surface area contributed by atoms with Gasteiger partial charge >= 0.3 is 0 Å². The van der Waals surface area contributed by atoms with Crippen LogP contribution < -0.4 is 0 Å². The summed E-state index contributed by atoms with van der Waals surface area (Å²) in [5, 5.41) is 14.1. The predicted molar refractivity (Wildman–Crippen MR) is 101 cm³/mol. The van der Waals surface area contributed by atoms with Crippen LogP contribution in [0.2, 0.25) is 0 Å². The van der Waals surface area contributed by atoms with E-state index < -0.39 is 17.4 Å². The molecule has 4 rings (SSSR count). The Labute approximate surface area is 157 Å². The summed E-state index contributed by atoms with van der Waals surface area (Å²) in [4.78, 5) is 2.50. The van der Waals surface area contributed by atoms with Crippen LogP contribution in [-0.4, -0.2) is 38.9 Å². The van der Waals surface area contributed by atoms with Crippen molar-refractivity contribution in [2.24, 2.45) is 0 Å². The van der Waals surface area contributed by atoms with Gasteiger partial charge in [-0.1, -0.05) is 12.1 Å². The van der Waals surface area contributed by atoms with Gasteiger partial charge in [0.05, 0.1) is 11.9 Å². The molecular weight excluding hydrogens is 348 g/mol. The van der Waals surface area contributed by atoms with E-state index >= 15 is 0 Å². The molecule has 6 heteroatoms. The van der Waals surface area contributed by atoms with Crippen LogP contribution in [0.15, 0.2) is 36.5 Å². The summed E-state index contributed by atoms with van der Waals surface area (Å²) in [6.45, 7) is 6.66. The third-order valence-corrected chi connectivity index (χ3v) is 5.59. The average molecular weight is 371 g/mol. The molecule has 0 spiro atoms. The fraction of sp³-hybridized carbons (Fsp3) is 0.381. The van der Waals surface area contributed by atoms with Crippen molar-refractivity contribution in [2.45, 2.75) is 38.6 Å². The van der Waals surface area contributed by atoms with Crippen LogP contribution in [0, 0.1) is 11.6 Å². The first-order chi connectivity index (χ1) is 13.0. The number of hydrogen-bond acceptors (Lipinski definition) is 3. The molecule has 1 aliphatic rings. The number of rotatable bonds is 3. The molecule has 2 aromatic carbocycles. The Hall–Kier alpha value is -2.47. The number of benzene rings is 2. The van der Waals surface area contributed by atoms with E-state index in [1.165, 1.54) is 16.4 Å². The number of halogens is 2. The molecule has 0 amide bonds. The Morgan fingerprint density at radius 2 is 1.78 bits per heavy atom. The summed E-state index contributed by atoms with van der Waals surface area (Å²) in [6.07, 6.45) is 3.66. The number of fused-ring (bicyclic) bond motifs is 1. The number of hydrogen-bond donors (Lipinski definition) is 1. The number of phenols is 1. The van der Waals surface area contributed by atoms with Crippen LogP contribution in [0.3, 0.4) is 0 Å². The second kappa shape index (κ2) is 6.93. The van der Waals surface area contributed by atoms with Gasteiger partial charge in [-0.25, -0.2) is 13.5 Å². The topological polar surface area (TPSA) is 41.3 Å². The van der Waals surface area contributed by atoms with Crippen molar-refractivity contribution in [2.75, 3.05) is 13.1 Å². The lowest BCUT2D eigenvalue weighted by molar-refractivity contribution is 0.172. The average Bonchev–Trinajstić information content (AvgIpc) is 3.10. The van der Waals surface area contributed by atoms with Gasteiger partial charge in [-0.05, 0) is 69.5 Å². The normalized spacial score (nSPS) is 16.5. The second-order valence-electron chi connectivity index (χ2n) is 7.51. The quantitative estimate of drug-likeness (QED) is 0.732. The minimum atomic E-state index is -0.993. The summed E-state index contributed by atoms with van der Waals surface area (Å²) in [6, 6.07) is 9.58. The van der Waals surface area contributed by atoms with E-state index in [4.69, 9.17) is 0 Å². The molecule has 3 aromatic rings. The number of likely N-dealkylation sites (tertiary alicyclic amines) is 1. The third-order valence-electron chi connectivity index (χ3n) is 5.59. The van der Waals surface area contributed by atoms with E-state index in [1.807, 2.05) is 12.1 Å². The van der Waals surface area contributed by atoms with Gasteiger partial charge in [0.1, 0.15) is 5.52 Å². The number of phenolic OH excluding ortho intramolecular Hbond substituents is 1. The molecule has 1 fully saturated rings. The highest BCUT2D eigenvalue weighted by Gasteiger charge is 2.22. The first-order valence-electron chi connectivity index (χ1n) is 9.34. The van der Waals surface area contributed by atoms with Gasteiger partial charge in [-0.2, -0.15) is 5.10 Å². The Morgan fingerprint density at radius 1 is 1.11 bits per heavy atom. The van der Waals surface area contributed by atoms with E-state index in [9.17, 15) is 13.9 Å². The minimum Gasteiger partial charge on any atom is -0.503 e. The highest BCUT2D eigenvalue weighted by atomic mass is 19.1. The summed E-state index contributed by atoms with van der Waals surface area (Å²) >= 11 is 0. The zero-order chi connectivity index (χ0) is 19.1. The van der Waals surface area contributed by atoms with Crippen molar-refractivity contribution in [3.05, 3.63) is 53.7 Å². The van der Waals surface area contributed by atoms with E-state index in [1.54, 1.807) is 0 Å². The molecule has 1 aliphatic heterocycles. The van der Waals surface area contributed by atoms with Crippen molar-refractivity contribution in [1.29, 1.82) is 0 Å². The maximum absolute atomic E-state index is 14.4. The van der Waals surface area contributed by atoms with Crippen LogP contribution in [0.5, 0.6) is 5.75 Å². The fourth-order valence-electron chi connectivity index (χ4n) is 3.94. The monoisotopic (exact) mass is 371 g/mol. The predicted octanol–water partition coefficient (Wildman–Crippen LogP) is 4.60. The molecule has 0 radical (unpaired) electrons. The largest absolute Gasteiger partial charge is 0.503 e. The van der Waals surface area contributed by atoms with Crippen LogP contribution in [-0.2, 0) is 0 Å². The molecule has 2 heterocycles. The summed E-state index contributed by atoms with van der Waals surface area (Å²) in [5.41, 5.74) is 2.03. The van der Waals surface area contributed by atoms with Gasteiger partial charge in [0, 0.05) is 11.4 Å². The third kappa shape index (κ3) is 3.18. The van der Waals surface area contributed by atoms with Crippen LogP contribution in [0.4, 0.5) is 8.78 Å². The molecule has 0 aliphatic carbocycles. The molecule has 1 aromatic heterocycles. The lowest BCUT2D eigenvalue weighted by Crippen LogP contribution is -2.37. The first-order valence-corrected chi connectivity index (χ1v) is 9.34. The lowest BCUT2D eigenvalue weighted by atomic mass is 9.89. The molecule has 142 valence electrons. The van der Waals surface area contributed by atoms with Gasteiger partial charge in [-0.3, -0.25) is 0 Å². The molecule has 4 nitrogen and oxygen atoms in total. The van der Waals surface area contributed by atoms with Gasteiger partial charge < -0.3 is 10.0 Å². The van der Waals surface area contributed by atoms with Crippen molar-refractivity contribution in [3.8, 4) is 11.4 Å². The first kappa shape index (κ1) is 17.9. The smallest absolute Gasteiger partial charge is 0.194 e. The van der Waals surface area contributed by atoms with Crippen LogP contribution in [0.1, 0.15) is 38.2 Å². The SMILES string of the molecule is CC(C)N1CCC(c2ccc(-n3ncc4cc(F)c(O)c(F)c43)cc2)CC1. The second-order valence-corrected chi connectivity index (χ2v) is 7.51. The standard InChI is InChI=1S/C21H23F2N3O/c1-13(2)25-9-7-15(8-10-25)14-3-5-17(6-4-14)26-20-16(12-24-26)11-18(22)21(27)19(20)23/h3-6,11-13,15,27H,7-10H2,1-2H3. The molecular formula is C21H23F2N3O. The number of nitrogens with zero attached hydrogens (tertiary/aromatic N) is 3. The molecule has 27 heavy (non-hydrogen) atoms. The Kier molecular flexibility index (Phi) is 4.60. The molecule has 1 saturated heterocycles. The van der Waals surface area contributed by atoms with Crippen LogP contribution in [0.25, 0.3) is 16.6 Å². The van der Waals surface area contributed by atoms with E-state index in [0.29, 0.717) is 23.0 Å². The molecule has 0 saturated carbocycles. The Morgan fingerprint density at radius 3 is 2.41 bits per heavy atom. The maximum atomic E-state index is 14.4. The van der Waals surface area contributed by atoms with Crippen LogP contribution >= 0.6 is 0 Å². The van der Waals surface area contributed by atoms with E-state index in [0.717, 1.165) is 32.0 Å². The van der Waals surface area contributed by atoms with Gasteiger partial charge in [0.15, 0.2) is 17.4 Å². The lowest BCUT2D eigenvalue weighted by Gasteiger charge is -2.34. The maximum Gasteiger partial charge on any atom is 0.194 e. The summed E-state index contributed by atoms with van der Waals surface area (Å²) < 4.78 is 29.3. The van der Waals surface area contributed by atoms with E-state index in [2.05, 4.69) is 36.0 Å². The number of aromatic hydroxyl groups is 1. The van der Waals surface area contributed by atoms with Crippen molar-refractivity contribution in [3.63, 3.8) is 0 Å². The minimum absolute atomic E-state index is 0.0758. The highest BCUT2D eigenvalue weighted by Crippen LogP contribution is 2.32. The zero-order valence-electron chi connectivity index (χ0n) is 15.5. The number of piperidine rings is 1. The summed E-state index contributed by atoms with van der Waals surface area (Å²) in [7, 11) is 0. The van der Waals surface area contributed by atoms with E-state index in [-0.39, 0.29) is 5.52 Å². The summed E-state index contributed by atoms with van der Waals surface area (Å²) in [5.74, 6) is -2.42. The van der Waals surface area contributed by atoms with Gasteiger partial charge in [0.25, 0.3) is 0 Å². The molecule has 1 N–H and O–H groups in total.